The Morgan fingerprint density at radius 3 is 2.61 bits per heavy atom. The van der Waals surface area contributed by atoms with Crippen LogP contribution in [-0.2, 0) is 14.9 Å². The smallest absolute Gasteiger partial charge is 0.410 e. The fourth-order valence-electron chi connectivity index (χ4n) is 4.64. The zero-order valence-corrected chi connectivity index (χ0v) is 21.2. The molecule has 0 aliphatic carbocycles. The molecule has 0 aromatic carbocycles. The molecule has 0 bridgehead atoms. The first-order chi connectivity index (χ1) is 15.3. The number of ether oxygens (including phenoxy) is 1. The molecule has 1 aromatic rings. The molecule has 1 N–H and O–H groups in total. The maximum Gasteiger partial charge on any atom is 0.410 e. The molecule has 2 aliphatic rings. The molecule has 2 atom stereocenters. The van der Waals surface area contributed by atoms with Crippen LogP contribution in [0.3, 0.4) is 0 Å². The van der Waals surface area contributed by atoms with Gasteiger partial charge in [0.2, 0.25) is 5.91 Å². The van der Waals surface area contributed by atoms with Gasteiger partial charge in [0.05, 0.1) is 24.0 Å². The van der Waals surface area contributed by atoms with Crippen molar-refractivity contribution in [3.05, 3.63) is 23.5 Å². The minimum absolute atomic E-state index is 0.0173. The van der Waals surface area contributed by atoms with E-state index < -0.39 is 11.7 Å². The lowest BCUT2D eigenvalue weighted by molar-refractivity contribution is -0.120. The van der Waals surface area contributed by atoms with E-state index in [0.29, 0.717) is 32.6 Å². The standard InChI is InChI=1S/C25H40N4O4/c1-8-9-20(30)18-12-19-22(26-13-18)25(6,7)16-29(19)21(31)15-27-10-11-28(17(2)14-27)23(32)33-24(3,4)5/h12-13,17,20,30H,8-11,14-16H2,1-7H3. The molecule has 1 fully saturated rings. The van der Waals surface area contributed by atoms with Gasteiger partial charge in [-0.05, 0) is 40.2 Å². The van der Waals surface area contributed by atoms with Crippen molar-refractivity contribution in [2.75, 3.05) is 37.6 Å². The highest BCUT2D eigenvalue weighted by Gasteiger charge is 2.40. The van der Waals surface area contributed by atoms with Crippen LogP contribution < -0.4 is 4.90 Å². The van der Waals surface area contributed by atoms with Crippen LogP contribution in [0.25, 0.3) is 0 Å². The first-order valence-electron chi connectivity index (χ1n) is 12.0. The Bertz CT molecular complexity index is 880. The quantitative estimate of drug-likeness (QED) is 0.724. The van der Waals surface area contributed by atoms with Gasteiger partial charge in [-0.25, -0.2) is 4.79 Å². The van der Waals surface area contributed by atoms with Crippen LogP contribution >= 0.6 is 0 Å². The molecule has 2 aliphatic heterocycles. The molecule has 1 saturated heterocycles. The van der Waals surface area contributed by atoms with Crippen molar-refractivity contribution in [1.82, 2.24) is 14.8 Å². The van der Waals surface area contributed by atoms with Gasteiger partial charge in [0.15, 0.2) is 0 Å². The zero-order chi connectivity index (χ0) is 24.6. The van der Waals surface area contributed by atoms with Gasteiger partial charge < -0.3 is 19.6 Å². The molecule has 8 nitrogen and oxygen atoms in total. The average Bonchev–Trinajstić information content (AvgIpc) is 2.97. The minimum Gasteiger partial charge on any atom is -0.444 e. The summed E-state index contributed by atoms with van der Waals surface area (Å²) in [6, 6.07) is 1.89. The third-order valence-corrected chi connectivity index (χ3v) is 6.32. The second kappa shape index (κ2) is 9.58. The number of aliphatic hydroxyl groups is 1. The normalized spacial score (nSPS) is 21.6. The molecule has 8 heteroatoms. The number of nitrogens with zero attached hydrogens (tertiary/aromatic N) is 4. The number of carbonyl (C=O) groups is 2. The van der Waals surface area contributed by atoms with Crippen molar-refractivity contribution in [2.45, 2.75) is 84.5 Å². The third-order valence-electron chi connectivity index (χ3n) is 6.32. The Labute approximate surface area is 197 Å². The first-order valence-corrected chi connectivity index (χ1v) is 12.0. The van der Waals surface area contributed by atoms with Gasteiger partial charge in [0, 0.05) is 49.4 Å². The van der Waals surface area contributed by atoms with Crippen LogP contribution in [0, 0.1) is 0 Å². The van der Waals surface area contributed by atoms with Crippen molar-refractivity contribution in [1.29, 1.82) is 0 Å². The highest BCUT2D eigenvalue weighted by molar-refractivity contribution is 5.97. The number of aromatic nitrogens is 1. The second-order valence-corrected chi connectivity index (χ2v) is 11.1. The fourth-order valence-corrected chi connectivity index (χ4v) is 4.64. The van der Waals surface area contributed by atoms with Gasteiger partial charge >= 0.3 is 6.09 Å². The van der Waals surface area contributed by atoms with Crippen molar-refractivity contribution in [3.63, 3.8) is 0 Å². The molecular formula is C25H40N4O4. The third kappa shape index (κ3) is 5.84. The van der Waals surface area contributed by atoms with Gasteiger partial charge in [0.1, 0.15) is 5.60 Å². The van der Waals surface area contributed by atoms with Gasteiger partial charge in [-0.3, -0.25) is 14.7 Å². The van der Waals surface area contributed by atoms with Crippen LogP contribution in [0.4, 0.5) is 10.5 Å². The zero-order valence-electron chi connectivity index (χ0n) is 21.2. The van der Waals surface area contributed by atoms with Crippen LogP contribution in [0.5, 0.6) is 0 Å². The average molecular weight is 461 g/mol. The van der Waals surface area contributed by atoms with E-state index in [-0.39, 0.29) is 30.0 Å². The van der Waals surface area contributed by atoms with E-state index >= 15 is 0 Å². The summed E-state index contributed by atoms with van der Waals surface area (Å²) in [7, 11) is 0. The van der Waals surface area contributed by atoms with E-state index in [1.807, 2.05) is 45.6 Å². The number of hydrogen-bond donors (Lipinski definition) is 1. The highest BCUT2D eigenvalue weighted by Crippen LogP contribution is 2.40. The summed E-state index contributed by atoms with van der Waals surface area (Å²) in [5, 5.41) is 10.4. The highest BCUT2D eigenvalue weighted by atomic mass is 16.6. The number of fused-ring (bicyclic) bond motifs is 1. The Kier molecular flexibility index (Phi) is 7.39. The van der Waals surface area contributed by atoms with Gasteiger partial charge in [-0.1, -0.05) is 27.2 Å². The van der Waals surface area contributed by atoms with Crippen molar-refractivity contribution in [3.8, 4) is 0 Å². The summed E-state index contributed by atoms with van der Waals surface area (Å²) in [6.07, 6.45) is 2.40. The molecule has 184 valence electrons. The molecule has 33 heavy (non-hydrogen) atoms. The number of pyridine rings is 1. The predicted octanol–water partition coefficient (Wildman–Crippen LogP) is 3.48. The molecule has 1 aromatic heterocycles. The lowest BCUT2D eigenvalue weighted by Gasteiger charge is -2.40. The molecule has 2 unspecified atom stereocenters. The largest absolute Gasteiger partial charge is 0.444 e. The summed E-state index contributed by atoms with van der Waals surface area (Å²) in [5.41, 5.74) is 1.68. The summed E-state index contributed by atoms with van der Waals surface area (Å²) in [5.74, 6) is 0.0173. The number of hydrogen-bond acceptors (Lipinski definition) is 6. The van der Waals surface area contributed by atoms with E-state index in [0.717, 1.165) is 23.4 Å². The van der Waals surface area contributed by atoms with Crippen LogP contribution in [0.2, 0.25) is 0 Å². The lowest BCUT2D eigenvalue weighted by Crippen LogP contribution is -2.56. The number of aliphatic hydroxyl groups excluding tert-OH is 1. The molecule has 3 rings (SSSR count). The van der Waals surface area contributed by atoms with Crippen molar-refractivity contribution in [2.24, 2.45) is 0 Å². The van der Waals surface area contributed by atoms with E-state index in [4.69, 9.17) is 4.74 Å². The number of amides is 2. The molecule has 0 spiro atoms. The number of anilines is 1. The molecule has 0 saturated carbocycles. The maximum absolute atomic E-state index is 13.4. The van der Waals surface area contributed by atoms with Crippen molar-refractivity contribution >= 4 is 17.7 Å². The summed E-state index contributed by atoms with van der Waals surface area (Å²) < 4.78 is 5.52. The number of piperazine rings is 1. The number of carbonyl (C=O) groups excluding carboxylic acids is 2. The van der Waals surface area contributed by atoms with E-state index in [9.17, 15) is 14.7 Å². The molecular weight excluding hydrogens is 420 g/mol. The topological polar surface area (TPSA) is 86.2 Å². The summed E-state index contributed by atoms with van der Waals surface area (Å²) in [6.45, 7) is 16.4. The molecule has 2 amide bonds. The van der Waals surface area contributed by atoms with E-state index in [1.54, 1.807) is 11.1 Å². The maximum atomic E-state index is 13.4. The Hall–Kier alpha value is -2.19. The van der Waals surface area contributed by atoms with E-state index in [1.165, 1.54) is 0 Å². The fraction of sp³-hybridized carbons (Fsp3) is 0.720. The first kappa shape index (κ1) is 25.4. The monoisotopic (exact) mass is 460 g/mol. The Morgan fingerprint density at radius 1 is 1.30 bits per heavy atom. The van der Waals surface area contributed by atoms with Crippen LogP contribution in [0.15, 0.2) is 12.3 Å². The SMILES string of the molecule is CCCC(O)c1cnc2c(c1)N(C(=O)CN1CCN(C(=O)OC(C)(C)C)C(C)C1)CC2(C)C. The van der Waals surface area contributed by atoms with Crippen molar-refractivity contribution < 1.29 is 19.4 Å². The predicted molar refractivity (Wildman–Crippen MR) is 128 cm³/mol. The second-order valence-electron chi connectivity index (χ2n) is 11.1. The minimum atomic E-state index is -0.574. The van der Waals surface area contributed by atoms with Gasteiger partial charge in [0.25, 0.3) is 0 Å². The van der Waals surface area contributed by atoms with Crippen LogP contribution in [-0.4, -0.2) is 76.3 Å². The lowest BCUT2D eigenvalue weighted by atomic mass is 9.91. The summed E-state index contributed by atoms with van der Waals surface area (Å²) >= 11 is 0. The molecule has 0 radical (unpaired) electrons. The summed E-state index contributed by atoms with van der Waals surface area (Å²) in [4.78, 5) is 36.2. The van der Waals surface area contributed by atoms with Crippen LogP contribution in [0.1, 0.15) is 78.7 Å². The Morgan fingerprint density at radius 2 is 2.00 bits per heavy atom. The van der Waals surface area contributed by atoms with E-state index in [2.05, 4.69) is 23.7 Å². The van der Waals surface area contributed by atoms with Gasteiger partial charge in [-0.15, -0.1) is 0 Å². The Balaban J connectivity index is 1.68. The van der Waals surface area contributed by atoms with Gasteiger partial charge in [-0.2, -0.15) is 0 Å². The molecule has 3 heterocycles. The number of rotatable bonds is 5.